The van der Waals surface area contributed by atoms with Crippen molar-refractivity contribution in [1.29, 1.82) is 0 Å². The molecule has 4 rings (SSSR count). The van der Waals surface area contributed by atoms with E-state index in [1.807, 2.05) is 0 Å². The maximum absolute atomic E-state index is 12.9. The number of phenols is 1. The fourth-order valence-corrected chi connectivity index (χ4v) is 4.08. The van der Waals surface area contributed by atoms with Crippen LogP contribution in [-0.4, -0.2) is 39.6 Å². The lowest BCUT2D eigenvalue weighted by Gasteiger charge is -2.16. The van der Waals surface area contributed by atoms with Crippen molar-refractivity contribution in [3.8, 4) is 5.75 Å². The summed E-state index contributed by atoms with van der Waals surface area (Å²) in [4.78, 5) is 42.3. The molecule has 8 heteroatoms. The molecule has 2 amide bonds. The number of rotatable bonds is 6. The number of nitrogens with one attached hydrogen (secondary N) is 2. The number of amides is 2. The number of carbonyl (C=O) groups excluding carboxylic acids is 2. The highest BCUT2D eigenvalue weighted by molar-refractivity contribution is 5.97. The van der Waals surface area contributed by atoms with Crippen molar-refractivity contribution >= 4 is 22.7 Å². The molecule has 8 nitrogen and oxygen atoms in total. The SMILES string of the molecule is O=C(NCCCNC(=O)c1ccc2c(=O)n3c(nc2c1)CCCCCC3)c1cccc(O)c1. The topological polar surface area (TPSA) is 113 Å². The van der Waals surface area contributed by atoms with Gasteiger partial charge in [-0.05, 0) is 55.7 Å². The molecular weight excluding hydrogens is 420 g/mol. The molecule has 2 aromatic carbocycles. The van der Waals surface area contributed by atoms with Gasteiger partial charge in [0.2, 0.25) is 0 Å². The Labute approximate surface area is 191 Å². The van der Waals surface area contributed by atoms with E-state index in [1.54, 1.807) is 34.9 Å². The van der Waals surface area contributed by atoms with E-state index in [1.165, 1.54) is 12.1 Å². The number of hydrogen-bond acceptors (Lipinski definition) is 5. The standard InChI is InChI=1S/C25H28N4O4/c30-19-8-5-7-17(15-19)23(31)26-12-6-13-27-24(32)18-10-11-20-21(16-18)28-22-9-3-1-2-4-14-29(22)25(20)33/h5,7-8,10-11,15-16,30H,1-4,6,9,12-14H2,(H,26,31)(H,27,32). The minimum Gasteiger partial charge on any atom is -0.508 e. The zero-order valence-corrected chi connectivity index (χ0v) is 18.5. The van der Waals surface area contributed by atoms with Crippen molar-refractivity contribution in [3.63, 3.8) is 0 Å². The molecule has 1 aromatic heterocycles. The van der Waals surface area contributed by atoms with Crippen molar-refractivity contribution in [2.24, 2.45) is 0 Å². The van der Waals surface area contributed by atoms with E-state index in [2.05, 4.69) is 10.6 Å². The summed E-state index contributed by atoms with van der Waals surface area (Å²) in [6.45, 7) is 1.47. The second-order valence-corrected chi connectivity index (χ2v) is 8.30. The third kappa shape index (κ3) is 5.39. The van der Waals surface area contributed by atoms with Crippen LogP contribution in [0.3, 0.4) is 0 Å². The molecule has 1 aliphatic rings. The lowest BCUT2D eigenvalue weighted by atomic mass is 10.1. The molecule has 0 atom stereocenters. The van der Waals surface area contributed by atoms with Gasteiger partial charge in [-0.25, -0.2) is 4.98 Å². The fourth-order valence-electron chi connectivity index (χ4n) is 4.08. The molecule has 3 aromatic rings. The summed E-state index contributed by atoms with van der Waals surface area (Å²) in [6, 6.07) is 11.1. The Morgan fingerprint density at radius 1 is 0.939 bits per heavy atom. The molecule has 1 aliphatic heterocycles. The van der Waals surface area contributed by atoms with Crippen LogP contribution >= 0.6 is 0 Å². The highest BCUT2D eigenvalue weighted by Gasteiger charge is 2.15. The first-order valence-electron chi connectivity index (χ1n) is 11.4. The molecule has 0 saturated heterocycles. The van der Waals surface area contributed by atoms with E-state index in [0.29, 0.717) is 48.1 Å². The Morgan fingerprint density at radius 3 is 2.42 bits per heavy atom. The zero-order chi connectivity index (χ0) is 23.2. The first kappa shape index (κ1) is 22.5. The third-order valence-electron chi connectivity index (χ3n) is 5.86. The van der Waals surface area contributed by atoms with Crippen LogP contribution in [0.4, 0.5) is 0 Å². The quantitative estimate of drug-likeness (QED) is 0.502. The van der Waals surface area contributed by atoms with Crippen molar-refractivity contribution in [2.45, 2.75) is 45.1 Å². The largest absolute Gasteiger partial charge is 0.508 e. The summed E-state index contributed by atoms with van der Waals surface area (Å²) < 4.78 is 1.78. The van der Waals surface area contributed by atoms with Gasteiger partial charge in [0.25, 0.3) is 17.4 Å². The van der Waals surface area contributed by atoms with Gasteiger partial charge in [0.05, 0.1) is 10.9 Å². The van der Waals surface area contributed by atoms with Gasteiger partial charge in [-0.2, -0.15) is 0 Å². The molecule has 0 spiro atoms. The highest BCUT2D eigenvalue weighted by Crippen LogP contribution is 2.16. The van der Waals surface area contributed by atoms with E-state index in [9.17, 15) is 19.5 Å². The number of fused-ring (bicyclic) bond motifs is 2. The van der Waals surface area contributed by atoms with E-state index in [4.69, 9.17) is 4.98 Å². The number of carbonyl (C=O) groups is 2. The molecular formula is C25H28N4O4. The predicted molar refractivity (Wildman–Crippen MR) is 126 cm³/mol. The molecule has 3 N–H and O–H groups in total. The Balaban J connectivity index is 1.34. The monoisotopic (exact) mass is 448 g/mol. The average molecular weight is 449 g/mol. The van der Waals surface area contributed by atoms with Crippen molar-refractivity contribution in [2.75, 3.05) is 13.1 Å². The summed E-state index contributed by atoms with van der Waals surface area (Å²) in [5.74, 6) is 0.310. The minimum absolute atomic E-state index is 0.0358. The fraction of sp³-hybridized carbons (Fsp3) is 0.360. The van der Waals surface area contributed by atoms with Crippen LogP contribution in [0.1, 0.15) is 58.6 Å². The van der Waals surface area contributed by atoms with E-state index in [0.717, 1.165) is 37.9 Å². The number of aromatic hydroxyl groups is 1. The summed E-state index contributed by atoms with van der Waals surface area (Å²) in [7, 11) is 0. The van der Waals surface area contributed by atoms with Gasteiger partial charge in [-0.15, -0.1) is 0 Å². The highest BCUT2D eigenvalue weighted by atomic mass is 16.3. The van der Waals surface area contributed by atoms with Gasteiger partial charge in [-0.3, -0.25) is 19.0 Å². The Kier molecular flexibility index (Phi) is 7.02. The van der Waals surface area contributed by atoms with E-state index >= 15 is 0 Å². The van der Waals surface area contributed by atoms with Crippen molar-refractivity contribution in [1.82, 2.24) is 20.2 Å². The number of aromatic nitrogens is 2. The Bertz CT molecular complexity index is 1230. The number of phenolic OH excluding ortho intramolecular Hbond substituents is 1. The first-order chi connectivity index (χ1) is 16.0. The molecule has 0 saturated carbocycles. The average Bonchev–Trinajstić information content (AvgIpc) is 2.79. The smallest absolute Gasteiger partial charge is 0.261 e. The normalized spacial score (nSPS) is 13.6. The Hall–Kier alpha value is -3.68. The second kappa shape index (κ2) is 10.3. The molecule has 0 fully saturated rings. The maximum Gasteiger partial charge on any atom is 0.261 e. The number of nitrogens with zero attached hydrogens (tertiary/aromatic N) is 2. The lowest BCUT2D eigenvalue weighted by Crippen LogP contribution is -2.30. The molecule has 0 aliphatic carbocycles. The van der Waals surface area contributed by atoms with Crippen LogP contribution in [0.2, 0.25) is 0 Å². The lowest BCUT2D eigenvalue weighted by molar-refractivity contribution is 0.0951. The van der Waals surface area contributed by atoms with Gasteiger partial charge in [0.15, 0.2) is 0 Å². The summed E-state index contributed by atoms with van der Waals surface area (Å²) in [6.07, 6.45) is 5.59. The van der Waals surface area contributed by atoms with Gasteiger partial charge >= 0.3 is 0 Å². The number of benzene rings is 2. The summed E-state index contributed by atoms with van der Waals surface area (Å²) >= 11 is 0. The second-order valence-electron chi connectivity index (χ2n) is 8.30. The molecule has 2 heterocycles. The summed E-state index contributed by atoms with van der Waals surface area (Å²) in [5.41, 5.74) is 1.35. The van der Waals surface area contributed by atoms with Crippen LogP contribution in [0, 0.1) is 0 Å². The molecule has 172 valence electrons. The Morgan fingerprint density at radius 2 is 1.67 bits per heavy atom. The molecule has 0 bridgehead atoms. The van der Waals surface area contributed by atoms with Crippen molar-refractivity contribution < 1.29 is 14.7 Å². The molecule has 33 heavy (non-hydrogen) atoms. The number of hydrogen-bond donors (Lipinski definition) is 3. The van der Waals surface area contributed by atoms with Gasteiger partial charge in [0.1, 0.15) is 11.6 Å². The third-order valence-corrected chi connectivity index (χ3v) is 5.86. The zero-order valence-electron chi connectivity index (χ0n) is 18.5. The van der Waals surface area contributed by atoms with Crippen LogP contribution in [-0.2, 0) is 13.0 Å². The maximum atomic E-state index is 12.9. The van der Waals surface area contributed by atoms with Crippen molar-refractivity contribution in [3.05, 3.63) is 69.8 Å². The van der Waals surface area contributed by atoms with Crippen LogP contribution < -0.4 is 16.2 Å². The number of aryl methyl sites for hydroxylation is 1. The van der Waals surface area contributed by atoms with Gasteiger partial charge in [0, 0.05) is 37.2 Å². The van der Waals surface area contributed by atoms with Gasteiger partial charge in [-0.1, -0.05) is 18.9 Å². The first-order valence-corrected chi connectivity index (χ1v) is 11.4. The summed E-state index contributed by atoms with van der Waals surface area (Å²) in [5, 5.41) is 15.6. The molecule has 0 radical (unpaired) electrons. The van der Waals surface area contributed by atoms with Gasteiger partial charge < -0.3 is 15.7 Å². The predicted octanol–water partition coefficient (Wildman–Crippen LogP) is 2.77. The molecule has 0 unspecified atom stereocenters. The van der Waals surface area contributed by atoms with Crippen LogP contribution in [0.15, 0.2) is 47.3 Å². The minimum atomic E-state index is -0.279. The van der Waals surface area contributed by atoms with E-state index in [-0.39, 0.29) is 23.1 Å². The van der Waals surface area contributed by atoms with E-state index < -0.39 is 0 Å². The van der Waals surface area contributed by atoms with Crippen LogP contribution in [0.25, 0.3) is 10.9 Å². The van der Waals surface area contributed by atoms with Crippen LogP contribution in [0.5, 0.6) is 5.75 Å².